The smallest absolute Gasteiger partial charge is 0.308 e. The third-order valence-corrected chi connectivity index (χ3v) is 4.03. The number of carbonyl (C=O) groups excluding carboxylic acids is 1. The first kappa shape index (κ1) is 15.6. The van der Waals surface area contributed by atoms with E-state index in [1.165, 1.54) is 11.3 Å². The number of thiazole rings is 1. The van der Waals surface area contributed by atoms with Gasteiger partial charge in [0.15, 0.2) is 0 Å². The molecule has 1 aromatic heterocycles. The Labute approximate surface area is 117 Å². The van der Waals surface area contributed by atoms with E-state index in [0.29, 0.717) is 17.2 Å². The Kier molecular flexibility index (Phi) is 5.95. The molecular formula is C13H20N2O3S. The quantitative estimate of drug-likeness (QED) is 0.806. The van der Waals surface area contributed by atoms with Gasteiger partial charge in [0.05, 0.1) is 17.1 Å². The number of aromatic nitrogens is 1. The molecule has 0 radical (unpaired) electrons. The predicted octanol–water partition coefficient (Wildman–Crippen LogP) is 2.50. The van der Waals surface area contributed by atoms with E-state index in [-0.39, 0.29) is 12.5 Å². The molecule has 1 amide bonds. The third kappa shape index (κ3) is 4.63. The lowest BCUT2D eigenvalue weighted by molar-refractivity contribution is -0.141. The molecule has 0 aliphatic rings. The van der Waals surface area contributed by atoms with E-state index in [1.54, 1.807) is 6.20 Å². The van der Waals surface area contributed by atoms with Crippen LogP contribution in [0.3, 0.4) is 0 Å². The predicted molar refractivity (Wildman–Crippen MR) is 74.6 cm³/mol. The van der Waals surface area contributed by atoms with E-state index in [4.69, 9.17) is 5.11 Å². The molecule has 2 N–H and O–H groups in total. The minimum atomic E-state index is -0.866. The summed E-state index contributed by atoms with van der Waals surface area (Å²) in [6, 6.07) is 0. The number of aliphatic carboxylic acids is 1. The fourth-order valence-corrected chi connectivity index (χ4v) is 2.46. The Morgan fingerprint density at radius 1 is 1.47 bits per heavy atom. The molecule has 0 aliphatic heterocycles. The number of carbonyl (C=O) groups is 2. The molecule has 1 heterocycles. The van der Waals surface area contributed by atoms with Crippen molar-refractivity contribution < 1.29 is 14.7 Å². The second-order valence-corrected chi connectivity index (χ2v) is 5.81. The Hall–Kier alpha value is -1.43. The Balaban J connectivity index is 2.56. The third-order valence-electron chi connectivity index (χ3n) is 2.74. The van der Waals surface area contributed by atoms with Crippen LogP contribution >= 0.6 is 11.3 Å². The molecule has 1 unspecified atom stereocenters. The molecule has 0 saturated carbocycles. The van der Waals surface area contributed by atoms with Crippen molar-refractivity contribution >= 4 is 23.2 Å². The summed E-state index contributed by atoms with van der Waals surface area (Å²) in [5.74, 6) is -1.34. The lowest BCUT2D eigenvalue weighted by atomic mass is 10.0. The van der Waals surface area contributed by atoms with Crippen molar-refractivity contribution in [3.63, 3.8) is 0 Å². The van der Waals surface area contributed by atoms with Gasteiger partial charge in [-0.2, -0.15) is 0 Å². The van der Waals surface area contributed by atoms with E-state index in [1.807, 2.05) is 20.8 Å². The number of rotatable bonds is 7. The van der Waals surface area contributed by atoms with Crippen molar-refractivity contribution in [1.82, 2.24) is 10.3 Å². The van der Waals surface area contributed by atoms with E-state index in [9.17, 15) is 9.59 Å². The molecule has 0 saturated heterocycles. The van der Waals surface area contributed by atoms with Crippen LogP contribution in [-0.4, -0.2) is 28.5 Å². The van der Waals surface area contributed by atoms with E-state index < -0.39 is 11.9 Å². The van der Waals surface area contributed by atoms with Crippen molar-refractivity contribution in [1.29, 1.82) is 0 Å². The van der Waals surface area contributed by atoms with Crippen LogP contribution in [-0.2, 0) is 4.79 Å². The first-order valence-electron chi connectivity index (χ1n) is 6.42. The molecular weight excluding hydrogens is 264 g/mol. The van der Waals surface area contributed by atoms with Crippen LogP contribution < -0.4 is 5.32 Å². The van der Waals surface area contributed by atoms with Gasteiger partial charge in [0.1, 0.15) is 4.88 Å². The van der Waals surface area contributed by atoms with Gasteiger partial charge < -0.3 is 10.4 Å². The monoisotopic (exact) mass is 284 g/mol. The molecule has 106 valence electrons. The van der Waals surface area contributed by atoms with E-state index >= 15 is 0 Å². The van der Waals surface area contributed by atoms with Gasteiger partial charge in [0, 0.05) is 12.5 Å². The Bertz CT molecular complexity index is 443. The van der Waals surface area contributed by atoms with Crippen LogP contribution in [0.15, 0.2) is 6.20 Å². The van der Waals surface area contributed by atoms with Gasteiger partial charge in [-0.15, -0.1) is 11.3 Å². The first-order valence-corrected chi connectivity index (χ1v) is 7.24. The zero-order chi connectivity index (χ0) is 14.4. The summed E-state index contributed by atoms with van der Waals surface area (Å²) < 4.78 is 0. The van der Waals surface area contributed by atoms with Gasteiger partial charge in [0.25, 0.3) is 5.91 Å². The summed E-state index contributed by atoms with van der Waals surface area (Å²) >= 11 is 1.35. The maximum absolute atomic E-state index is 11.9. The Morgan fingerprint density at radius 3 is 2.63 bits per heavy atom. The van der Waals surface area contributed by atoms with Crippen molar-refractivity contribution in [3.05, 3.63) is 16.1 Å². The topological polar surface area (TPSA) is 79.3 Å². The average Bonchev–Trinajstić information content (AvgIpc) is 2.83. The highest BCUT2D eigenvalue weighted by Gasteiger charge is 2.18. The number of carboxylic acid groups (broad SMARTS) is 1. The van der Waals surface area contributed by atoms with Gasteiger partial charge in [-0.3, -0.25) is 9.59 Å². The first-order chi connectivity index (χ1) is 8.95. The van der Waals surface area contributed by atoms with E-state index in [2.05, 4.69) is 10.3 Å². The lowest BCUT2D eigenvalue weighted by Gasteiger charge is -2.11. The standard InChI is InChI=1S/C13H20N2O3S/c1-4-5-9(13(17)18)6-14-11(16)10-7-15-12(19-10)8(2)3/h7-9H,4-6H2,1-3H3,(H,14,16)(H,17,18). The number of nitrogens with one attached hydrogen (secondary N) is 1. The molecule has 0 bridgehead atoms. The van der Waals surface area contributed by atoms with Gasteiger partial charge in [-0.1, -0.05) is 27.2 Å². The summed E-state index contributed by atoms with van der Waals surface area (Å²) in [6.07, 6.45) is 2.89. The summed E-state index contributed by atoms with van der Waals surface area (Å²) in [6.45, 7) is 6.12. The molecule has 1 aromatic rings. The van der Waals surface area contributed by atoms with Crippen LogP contribution in [0.5, 0.6) is 0 Å². The van der Waals surface area contributed by atoms with Gasteiger partial charge in [-0.05, 0) is 6.42 Å². The molecule has 1 atom stereocenters. The molecule has 0 fully saturated rings. The molecule has 6 heteroatoms. The minimum Gasteiger partial charge on any atom is -0.481 e. The van der Waals surface area contributed by atoms with Crippen LogP contribution in [0.4, 0.5) is 0 Å². The largest absolute Gasteiger partial charge is 0.481 e. The zero-order valence-corrected chi connectivity index (χ0v) is 12.3. The van der Waals surface area contributed by atoms with Crippen molar-refractivity contribution in [2.24, 2.45) is 5.92 Å². The fraction of sp³-hybridized carbons (Fsp3) is 0.615. The maximum Gasteiger partial charge on any atom is 0.308 e. The zero-order valence-electron chi connectivity index (χ0n) is 11.5. The number of nitrogens with zero attached hydrogens (tertiary/aromatic N) is 1. The van der Waals surface area contributed by atoms with Crippen LogP contribution in [0.25, 0.3) is 0 Å². The molecule has 19 heavy (non-hydrogen) atoms. The highest BCUT2D eigenvalue weighted by molar-refractivity contribution is 7.13. The summed E-state index contributed by atoms with van der Waals surface area (Å²) in [4.78, 5) is 27.6. The molecule has 0 spiro atoms. The molecule has 1 rings (SSSR count). The summed E-state index contributed by atoms with van der Waals surface area (Å²) in [7, 11) is 0. The lowest BCUT2D eigenvalue weighted by Crippen LogP contribution is -2.32. The van der Waals surface area contributed by atoms with Crippen molar-refractivity contribution in [2.75, 3.05) is 6.54 Å². The number of hydrogen-bond acceptors (Lipinski definition) is 4. The van der Waals surface area contributed by atoms with Gasteiger partial charge >= 0.3 is 5.97 Å². The molecule has 0 aliphatic carbocycles. The second-order valence-electron chi connectivity index (χ2n) is 4.75. The van der Waals surface area contributed by atoms with Crippen LogP contribution in [0, 0.1) is 5.92 Å². The second kappa shape index (κ2) is 7.23. The van der Waals surface area contributed by atoms with Crippen molar-refractivity contribution in [2.45, 2.75) is 39.5 Å². The normalized spacial score (nSPS) is 12.4. The highest BCUT2D eigenvalue weighted by Crippen LogP contribution is 2.20. The number of amides is 1. The fourth-order valence-electron chi connectivity index (χ4n) is 1.62. The molecule has 5 nitrogen and oxygen atoms in total. The van der Waals surface area contributed by atoms with Crippen LogP contribution in [0.1, 0.15) is 54.2 Å². The summed E-state index contributed by atoms with van der Waals surface area (Å²) in [5, 5.41) is 12.6. The van der Waals surface area contributed by atoms with Gasteiger partial charge in [0.2, 0.25) is 0 Å². The van der Waals surface area contributed by atoms with E-state index in [0.717, 1.165) is 11.4 Å². The van der Waals surface area contributed by atoms with Crippen LogP contribution in [0.2, 0.25) is 0 Å². The molecule has 0 aromatic carbocycles. The Morgan fingerprint density at radius 2 is 2.16 bits per heavy atom. The highest BCUT2D eigenvalue weighted by atomic mass is 32.1. The number of carboxylic acids is 1. The maximum atomic E-state index is 11.9. The average molecular weight is 284 g/mol. The summed E-state index contributed by atoms with van der Waals surface area (Å²) in [5.41, 5.74) is 0. The number of hydrogen-bond donors (Lipinski definition) is 2. The SMILES string of the molecule is CCCC(CNC(=O)c1cnc(C(C)C)s1)C(=O)O. The van der Waals surface area contributed by atoms with Gasteiger partial charge in [-0.25, -0.2) is 4.98 Å². The van der Waals surface area contributed by atoms with Crippen molar-refractivity contribution in [3.8, 4) is 0 Å². The minimum absolute atomic E-state index is 0.164.